The second-order valence-electron chi connectivity index (χ2n) is 16.8. The fourth-order valence-corrected chi connectivity index (χ4v) is 9.70. The third-order valence-corrected chi connectivity index (χ3v) is 13.2. The predicted molar refractivity (Wildman–Crippen MR) is 211 cm³/mol. The number of hydrogen-bond donors (Lipinski definition) is 4. The molecule has 15 nitrogen and oxygen atoms in total. The van der Waals surface area contributed by atoms with Crippen LogP contribution in [0.25, 0.3) is 0 Å². The molecular weight excluding hydrogens is 778 g/mol. The van der Waals surface area contributed by atoms with Crippen LogP contribution in [0.1, 0.15) is 94.2 Å². The summed E-state index contributed by atoms with van der Waals surface area (Å²) in [6.45, 7) is 5.98. The highest BCUT2D eigenvalue weighted by Gasteiger charge is 2.78. The van der Waals surface area contributed by atoms with Crippen molar-refractivity contribution in [2.24, 2.45) is 16.7 Å². The Hall–Kier alpha value is -5.22. The maximum absolute atomic E-state index is 15.6. The third-order valence-electron chi connectivity index (χ3n) is 13.2. The van der Waals surface area contributed by atoms with Crippen molar-refractivity contribution in [3.05, 3.63) is 94.6 Å². The van der Waals surface area contributed by atoms with Crippen molar-refractivity contribution in [1.29, 1.82) is 0 Å². The van der Waals surface area contributed by atoms with E-state index in [1.807, 2.05) is 0 Å². The van der Waals surface area contributed by atoms with Crippen molar-refractivity contribution < 1.29 is 71.9 Å². The number of esters is 4. The van der Waals surface area contributed by atoms with E-state index in [9.17, 15) is 39.3 Å². The molecule has 1 heterocycles. The molecule has 6 rings (SSSR count). The molecule has 322 valence electrons. The van der Waals surface area contributed by atoms with E-state index in [1.54, 1.807) is 55.5 Å². The van der Waals surface area contributed by atoms with Gasteiger partial charge in [0.1, 0.15) is 23.9 Å². The van der Waals surface area contributed by atoms with Crippen molar-refractivity contribution in [3.8, 4) is 0 Å². The molecule has 0 radical (unpaired) electrons. The van der Waals surface area contributed by atoms with Crippen LogP contribution >= 0.6 is 0 Å². The van der Waals surface area contributed by atoms with Crippen LogP contribution in [-0.2, 0) is 47.7 Å². The van der Waals surface area contributed by atoms with Gasteiger partial charge in [0.05, 0.1) is 35.6 Å². The lowest BCUT2D eigenvalue weighted by atomic mass is 9.44. The average molecular weight is 835 g/mol. The maximum atomic E-state index is 15.6. The van der Waals surface area contributed by atoms with E-state index in [0.29, 0.717) is 5.56 Å². The van der Waals surface area contributed by atoms with E-state index >= 15 is 4.79 Å². The third kappa shape index (κ3) is 7.24. The van der Waals surface area contributed by atoms with Gasteiger partial charge in [-0.25, -0.2) is 9.59 Å². The molecular formula is C45H53NO14. The lowest BCUT2D eigenvalue weighted by molar-refractivity contribution is -0.346. The number of nitrogens with one attached hydrogen (secondary N) is 1. The van der Waals surface area contributed by atoms with Gasteiger partial charge in [-0.05, 0) is 56.5 Å². The number of ketones is 1. The Kier molecular flexibility index (Phi) is 10.9. The molecule has 4 aliphatic rings. The Morgan fingerprint density at radius 2 is 1.60 bits per heavy atom. The molecule has 2 saturated carbocycles. The van der Waals surface area contributed by atoms with Crippen LogP contribution in [0.2, 0.25) is 0 Å². The van der Waals surface area contributed by atoms with Crippen molar-refractivity contribution in [2.45, 2.75) is 122 Å². The van der Waals surface area contributed by atoms with Gasteiger partial charge in [-0.1, -0.05) is 68.5 Å². The molecule has 3 fully saturated rings. The highest BCUT2D eigenvalue weighted by atomic mass is 16.6. The molecule has 0 spiro atoms. The normalized spacial score (nSPS) is 33.9. The molecule has 11 atom stereocenters. The van der Waals surface area contributed by atoms with Crippen LogP contribution in [0, 0.1) is 16.7 Å². The number of allylic oxidation sites excluding steroid dienone is 1. The van der Waals surface area contributed by atoms with Crippen LogP contribution in [-0.4, -0.2) is 105 Å². The minimum absolute atomic E-state index is 0.00740. The number of aliphatic hydroxyl groups excluding tert-OH is 2. The van der Waals surface area contributed by atoms with E-state index in [0.717, 1.165) is 6.92 Å². The standard InChI is InChI=1S/C45H53NO14/c1-9-23(2)39(52)46-33(27-16-12-10-13-17-27)34(50)41(54)58-29-21-45(55)38(59-40(53)28-18-14-11-15-19-28)36-43(8,30(49)20-31-44(36,22-56-31)60-26(5)48)37(51)35(57-25(4)47)32(24(29)3)42(45,6)7/h9-19,29-31,33-36,38,49-50,55H,20-22H2,1-8H3,(H,46,52)/b23-9+/t29-,30-,31+,33-,34+,35+,36-,38-,43+,44-,45+/m0/s1/i4D3. The lowest BCUT2D eigenvalue weighted by Gasteiger charge is -2.67. The smallest absolute Gasteiger partial charge is 0.338 e. The predicted octanol–water partition coefficient (Wildman–Crippen LogP) is 3.39. The van der Waals surface area contributed by atoms with E-state index in [4.69, 9.17) is 27.8 Å². The summed E-state index contributed by atoms with van der Waals surface area (Å²) in [5.41, 5.74) is -8.20. The molecule has 3 aliphatic carbocycles. The first-order chi connectivity index (χ1) is 29.4. The van der Waals surface area contributed by atoms with E-state index in [1.165, 1.54) is 52.8 Å². The number of Topliss-reactive ketones (excluding diaryl/α,β-unsaturated/α-hetero) is 1. The highest BCUT2D eigenvalue weighted by Crippen LogP contribution is 2.64. The average Bonchev–Trinajstić information content (AvgIpc) is 3.23. The molecule has 15 heteroatoms. The SMILES string of the molecule is [2H]C([2H])([2H])C(=O)O[C@H]1C(=O)[C@@]2(C)[C@H]([C@H](OC(=O)c3ccccc3)[C@]3(O)C[C@H](OC(=O)[C@H](O)[C@@H](NC(=O)/C(C)=C/C)c4ccccc4)C(C)=C1C3(C)C)[C@]1(OC(C)=O)CO[C@@H]1C[C@@H]2O. The molecule has 1 aliphatic heterocycles. The van der Waals surface area contributed by atoms with Crippen molar-refractivity contribution in [3.63, 3.8) is 0 Å². The zero-order valence-electron chi connectivity index (χ0n) is 37.4. The molecule has 2 aromatic rings. The number of carbonyl (C=O) groups excluding carboxylic acids is 6. The monoisotopic (exact) mass is 834 g/mol. The Morgan fingerprint density at radius 3 is 2.17 bits per heavy atom. The fraction of sp³-hybridized carbons (Fsp3) is 0.511. The zero-order chi connectivity index (χ0) is 46.6. The number of rotatable bonds is 10. The Morgan fingerprint density at radius 1 is 0.967 bits per heavy atom. The number of aliphatic hydroxyl groups is 3. The van der Waals surface area contributed by atoms with Gasteiger partial charge in [-0.2, -0.15) is 0 Å². The van der Waals surface area contributed by atoms with Gasteiger partial charge in [-0.15, -0.1) is 0 Å². The van der Waals surface area contributed by atoms with Crippen molar-refractivity contribution in [1.82, 2.24) is 5.32 Å². The molecule has 2 bridgehead atoms. The molecule has 1 saturated heterocycles. The Labute approximate surface area is 352 Å². The van der Waals surface area contributed by atoms with Crippen LogP contribution in [0.15, 0.2) is 83.5 Å². The summed E-state index contributed by atoms with van der Waals surface area (Å²) < 4.78 is 53.5. The lowest BCUT2D eigenvalue weighted by Crippen LogP contribution is -2.82. The second-order valence-corrected chi connectivity index (χ2v) is 16.8. The van der Waals surface area contributed by atoms with E-state index < -0.39 is 126 Å². The van der Waals surface area contributed by atoms with Crippen LogP contribution in [0.4, 0.5) is 0 Å². The fourth-order valence-electron chi connectivity index (χ4n) is 9.70. The first-order valence-electron chi connectivity index (χ1n) is 21.2. The summed E-state index contributed by atoms with van der Waals surface area (Å²) in [5, 5.41) is 40.1. The summed E-state index contributed by atoms with van der Waals surface area (Å²) in [4.78, 5) is 83.6. The van der Waals surface area contributed by atoms with Crippen LogP contribution < -0.4 is 5.32 Å². The van der Waals surface area contributed by atoms with E-state index in [2.05, 4.69) is 5.32 Å². The number of amides is 1. The highest BCUT2D eigenvalue weighted by molar-refractivity contribution is 5.96. The maximum Gasteiger partial charge on any atom is 0.338 e. The number of carbonyl (C=O) groups is 6. The Balaban J connectivity index is 1.59. The van der Waals surface area contributed by atoms with Gasteiger partial charge < -0.3 is 44.3 Å². The summed E-state index contributed by atoms with van der Waals surface area (Å²) in [6.07, 6.45) is -10.2. The zero-order valence-corrected chi connectivity index (χ0v) is 34.4. The summed E-state index contributed by atoms with van der Waals surface area (Å²) >= 11 is 0. The van der Waals surface area contributed by atoms with Gasteiger partial charge in [0, 0.05) is 41.7 Å². The van der Waals surface area contributed by atoms with Gasteiger partial charge in [0.15, 0.2) is 23.6 Å². The topological polar surface area (TPSA) is 221 Å². The summed E-state index contributed by atoms with van der Waals surface area (Å²) in [7, 11) is 0. The Bertz CT molecular complexity index is 2230. The second kappa shape index (κ2) is 16.3. The quantitative estimate of drug-likeness (QED) is 0.117. The van der Waals surface area contributed by atoms with E-state index in [-0.39, 0.29) is 28.7 Å². The molecule has 0 aromatic heterocycles. The first-order valence-corrected chi connectivity index (χ1v) is 19.7. The summed E-state index contributed by atoms with van der Waals surface area (Å²) in [6, 6.07) is 14.3. The molecule has 0 unspecified atom stereocenters. The first kappa shape index (κ1) is 40.2. The van der Waals surface area contributed by atoms with Gasteiger partial charge in [-0.3, -0.25) is 19.2 Å². The molecule has 60 heavy (non-hydrogen) atoms. The van der Waals surface area contributed by atoms with Crippen LogP contribution in [0.5, 0.6) is 0 Å². The number of benzene rings is 2. The van der Waals surface area contributed by atoms with Crippen molar-refractivity contribution in [2.75, 3.05) is 6.61 Å². The minimum Gasteiger partial charge on any atom is -0.456 e. The van der Waals surface area contributed by atoms with Gasteiger partial charge >= 0.3 is 23.9 Å². The number of ether oxygens (including phenoxy) is 5. The van der Waals surface area contributed by atoms with Gasteiger partial charge in [0.2, 0.25) is 5.91 Å². The number of hydrogen-bond acceptors (Lipinski definition) is 14. The largest absolute Gasteiger partial charge is 0.456 e. The molecule has 4 N–H and O–H groups in total. The summed E-state index contributed by atoms with van der Waals surface area (Å²) in [5.74, 6) is -8.40. The molecule has 1 amide bonds. The minimum atomic E-state index is -3.42. The van der Waals surface area contributed by atoms with Crippen LogP contribution in [0.3, 0.4) is 0 Å². The molecule has 2 aromatic carbocycles. The number of fused-ring (bicyclic) bond motifs is 5. The van der Waals surface area contributed by atoms with Gasteiger partial charge in [0.25, 0.3) is 0 Å². The van der Waals surface area contributed by atoms with Crippen molar-refractivity contribution >= 4 is 35.6 Å².